The number of methoxy groups -OCH3 is 1. The van der Waals surface area contributed by atoms with Gasteiger partial charge in [-0.05, 0) is 48.9 Å². The molecule has 0 spiro atoms. The van der Waals surface area contributed by atoms with E-state index in [4.69, 9.17) is 21.4 Å². The molecule has 27 heavy (non-hydrogen) atoms. The van der Waals surface area contributed by atoms with Crippen molar-refractivity contribution in [3.05, 3.63) is 58.1 Å². The van der Waals surface area contributed by atoms with Crippen LogP contribution < -0.4 is 9.75 Å². The van der Waals surface area contributed by atoms with E-state index in [1.54, 1.807) is 31.2 Å². The van der Waals surface area contributed by atoms with E-state index in [1.165, 1.54) is 25.3 Å². The molecule has 1 aliphatic rings. The fraction of sp³-hybridized carbons (Fsp3) is 0.105. The zero-order chi connectivity index (χ0) is 19.7. The van der Waals surface area contributed by atoms with Crippen molar-refractivity contribution < 1.29 is 24.5 Å². The third-order valence-corrected chi connectivity index (χ3v) is 4.27. The number of amides is 1. The second-order valence-electron chi connectivity index (χ2n) is 5.77. The summed E-state index contributed by atoms with van der Waals surface area (Å²) in [4.78, 5) is 23.9. The van der Waals surface area contributed by atoms with E-state index in [0.717, 1.165) is 5.01 Å². The third-order valence-electron chi connectivity index (χ3n) is 3.98. The highest BCUT2D eigenvalue weighted by atomic mass is 35.5. The largest absolute Gasteiger partial charge is 0.503 e. The van der Waals surface area contributed by atoms with Gasteiger partial charge in [0.05, 0.1) is 34.7 Å². The van der Waals surface area contributed by atoms with E-state index in [1.807, 2.05) is 0 Å². The molecule has 0 bridgehead atoms. The number of hydrazone groups is 1. The summed E-state index contributed by atoms with van der Waals surface area (Å²) in [6.45, 7) is 1.67. The first kappa shape index (κ1) is 18.5. The number of nitrogens with zero attached hydrogens (tertiary/aromatic N) is 2. The predicted molar refractivity (Wildman–Crippen MR) is 102 cm³/mol. The second-order valence-corrected chi connectivity index (χ2v) is 6.18. The Labute approximate surface area is 159 Å². The quantitative estimate of drug-likeness (QED) is 0.782. The van der Waals surface area contributed by atoms with Crippen LogP contribution >= 0.6 is 11.6 Å². The minimum absolute atomic E-state index is 0.0561. The van der Waals surface area contributed by atoms with Gasteiger partial charge >= 0.3 is 5.97 Å². The number of hydrogen-bond acceptors (Lipinski definition) is 5. The van der Waals surface area contributed by atoms with Crippen molar-refractivity contribution in [2.24, 2.45) is 5.10 Å². The fourth-order valence-corrected chi connectivity index (χ4v) is 2.85. The maximum absolute atomic E-state index is 12.8. The summed E-state index contributed by atoms with van der Waals surface area (Å²) in [5, 5.41) is 24.4. The van der Waals surface area contributed by atoms with Gasteiger partial charge in [0.1, 0.15) is 0 Å². The van der Waals surface area contributed by atoms with Gasteiger partial charge in [0, 0.05) is 0 Å². The highest BCUT2D eigenvalue weighted by molar-refractivity contribution is 6.33. The Morgan fingerprint density at radius 1 is 1.30 bits per heavy atom. The average molecular weight is 387 g/mol. The Morgan fingerprint density at radius 2 is 2.04 bits per heavy atom. The maximum atomic E-state index is 12.8. The molecule has 0 aromatic heterocycles. The number of aromatic hydroxyl groups is 1. The van der Waals surface area contributed by atoms with Crippen molar-refractivity contribution in [2.45, 2.75) is 6.92 Å². The first-order valence-corrected chi connectivity index (χ1v) is 8.21. The molecule has 8 heteroatoms. The molecule has 138 valence electrons. The molecular formula is C19H15ClN2O5. The predicted octanol–water partition coefficient (Wildman–Crippen LogP) is 3.56. The molecule has 0 unspecified atom stereocenters. The Hall–Kier alpha value is -3.32. The summed E-state index contributed by atoms with van der Waals surface area (Å²) in [5.74, 6) is -1.50. The number of halogens is 1. The highest BCUT2D eigenvalue weighted by Gasteiger charge is 2.29. The van der Waals surface area contributed by atoms with Crippen molar-refractivity contribution in [1.29, 1.82) is 0 Å². The van der Waals surface area contributed by atoms with Gasteiger partial charge in [-0.15, -0.1) is 0 Å². The molecule has 0 fully saturated rings. The number of rotatable bonds is 4. The molecular weight excluding hydrogens is 372 g/mol. The van der Waals surface area contributed by atoms with Crippen LogP contribution in [0.25, 0.3) is 6.08 Å². The maximum Gasteiger partial charge on any atom is 0.335 e. The molecule has 3 rings (SSSR count). The summed E-state index contributed by atoms with van der Waals surface area (Å²) >= 11 is 5.99. The van der Waals surface area contributed by atoms with Gasteiger partial charge in [-0.25, -0.2) is 4.79 Å². The Morgan fingerprint density at radius 3 is 2.70 bits per heavy atom. The van der Waals surface area contributed by atoms with Gasteiger partial charge in [0.2, 0.25) is 0 Å². The standard InChI is InChI=1S/C19H15ClN2O5/c1-10-14(6-11-7-15(20)17(23)16(8-11)27-2)18(24)22(21-10)13-5-3-4-12(9-13)19(25)26/h3-9,23H,1-2H3,(H,25,26). The molecule has 2 aromatic carbocycles. The Balaban J connectivity index is 1.99. The van der Waals surface area contributed by atoms with Gasteiger partial charge in [-0.2, -0.15) is 10.1 Å². The zero-order valence-corrected chi connectivity index (χ0v) is 15.2. The van der Waals surface area contributed by atoms with Crippen LogP contribution in [0.5, 0.6) is 11.5 Å². The topological polar surface area (TPSA) is 99.4 Å². The third kappa shape index (κ3) is 3.50. The van der Waals surface area contributed by atoms with Crippen molar-refractivity contribution in [2.75, 3.05) is 12.1 Å². The number of carboxylic acids is 1. The lowest BCUT2D eigenvalue weighted by molar-refractivity contribution is -0.114. The lowest BCUT2D eigenvalue weighted by atomic mass is 10.1. The lowest BCUT2D eigenvalue weighted by Gasteiger charge is -2.12. The van der Waals surface area contributed by atoms with Gasteiger partial charge < -0.3 is 14.9 Å². The van der Waals surface area contributed by atoms with Crippen LogP contribution in [0.4, 0.5) is 5.69 Å². The van der Waals surface area contributed by atoms with Crippen molar-refractivity contribution >= 4 is 41.0 Å². The highest BCUT2D eigenvalue weighted by Crippen LogP contribution is 2.36. The minimum atomic E-state index is -1.09. The molecule has 1 aliphatic heterocycles. The summed E-state index contributed by atoms with van der Waals surface area (Å²) in [6, 6.07) is 9.00. The van der Waals surface area contributed by atoms with E-state index < -0.39 is 11.9 Å². The first-order chi connectivity index (χ1) is 12.8. The van der Waals surface area contributed by atoms with E-state index in [2.05, 4.69) is 5.10 Å². The van der Waals surface area contributed by atoms with Crippen molar-refractivity contribution in [3.8, 4) is 11.5 Å². The number of phenolic OH excluding ortho intramolecular Hbond substituents is 1. The monoisotopic (exact) mass is 386 g/mol. The number of benzene rings is 2. The molecule has 2 aromatic rings. The fourth-order valence-electron chi connectivity index (χ4n) is 2.63. The molecule has 0 saturated carbocycles. The van der Waals surface area contributed by atoms with Gasteiger partial charge in [0.15, 0.2) is 11.5 Å². The smallest absolute Gasteiger partial charge is 0.335 e. The van der Waals surface area contributed by atoms with Crippen LogP contribution in [0, 0.1) is 0 Å². The summed E-state index contributed by atoms with van der Waals surface area (Å²) in [6.07, 6.45) is 1.58. The Kier molecular flexibility index (Phi) is 4.87. The van der Waals surface area contributed by atoms with Crippen LogP contribution in [-0.2, 0) is 4.79 Å². The molecule has 0 aliphatic carbocycles. The van der Waals surface area contributed by atoms with Crippen LogP contribution in [-0.4, -0.2) is 34.9 Å². The molecule has 2 N–H and O–H groups in total. The van der Waals surface area contributed by atoms with Crippen LogP contribution in [0.1, 0.15) is 22.8 Å². The second kappa shape index (κ2) is 7.13. The molecule has 0 atom stereocenters. The summed E-state index contributed by atoms with van der Waals surface area (Å²) in [5.41, 5.74) is 1.74. The van der Waals surface area contributed by atoms with Crippen LogP contribution in [0.3, 0.4) is 0 Å². The number of aromatic carboxylic acids is 1. The molecule has 0 radical (unpaired) electrons. The Bertz CT molecular complexity index is 1010. The number of carbonyl (C=O) groups is 2. The van der Waals surface area contributed by atoms with Gasteiger partial charge in [-0.3, -0.25) is 4.79 Å². The van der Waals surface area contributed by atoms with Crippen LogP contribution in [0.15, 0.2) is 47.1 Å². The van der Waals surface area contributed by atoms with Crippen LogP contribution in [0.2, 0.25) is 5.02 Å². The van der Waals surface area contributed by atoms with E-state index in [9.17, 15) is 14.7 Å². The number of ether oxygens (including phenoxy) is 1. The number of phenols is 1. The number of anilines is 1. The van der Waals surface area contributed by atoms with Crippen molar-refractivity contribution in [1.82, 2.24) is 0 Å². The summed E-state index contributed by atoms with van der Waals surface area (Å²) < 4.78 is 5.07. The van der Waals surface area contributed by atoms with Gasteiger partial charge in [0.25, 0.3) is 5.91 Å². The molecule has 1 amide bonds. The number of carbonyl (C=O) groups excluding carboxylic acids is 1. The van der Waals surface area contributed by atoms with E-state index in [-0.39, 0.29) is 22.1 Å². The minimum Gasteiger partial charge on any atom is -0.503 e. The zero-order valence-electron chi connectivity index (χ0n) is 14.4. The SMILES string of the molecule is COc1cc(C=C2C(=O)N(c3cccc(C(=O)O)c3)N=C2C)cc(Cl)c1O. The normalized spacial score (nSPS) is 15.2. The number of hydrogen-bond donors (Lipinski definition) is 2. The molecule has 0 saturated heterocycles. The van der Waals surface area contributed by atoms with E-state index in [0.29, 0.717) is 22.5 Å². The first-order valence-electron chi connectivity index (χ1n) is 7.83. The lowest BCUT2D eigenvalue weighted by Crippen LogP contribution is -2.21. The number of carboxylic acid groups (broad SMARTS) is 1. The average Bonchev–Trinajstić information content (AvgIpc) is 2.92. The molecule has 1 heterocycles. The van der Waals surface area contributed by atoms with E-state index >= 15 is 0 Å². The van der Waals surface area contributed by atoms with Gasteiger partial charge in [-0.1, -0.05) is 17.7 Å². The summed E-state index contributed by atoms with van der Waals surface area (Å²) in [7, 11) is 1.40. The molecule has 7 nitrogen and oxygen atoms in total. The van der Waals surface area contributed by atoms with Crippen molar-refractivity contribution in [3.63, 3.8) is 0 Å².